The Morgan fingerprint density at radius 2 is 2.29 bits per heavy atom. The summed E-state index contributed by atoms with van der Waals surface area (Å²) in [5.41, 5.74) is 5.51. The molecule has 0 aliphatic carbocycles. The van der Waals surface area contributed by atoms with Crippen molar-refractivity contribution in [1.29, 1.82) is 0 Å². The van der Waals surface area contributed by atoms with Crippen LogP contribution in [0.5, 0.6) is 5.75 Å². The van der Waals surface area contributed by atoms with E-state index in [1.807, 2.05) is 6.92 Å². The second kappa shape index (κ2) is 4.20. The number of hydrogen-bond donors (Lipinski definition) is 1. The highest BCUT2D eigenvalue weighted by Crippen LogP contribution is 2.31. The summed E-state index contributed by atoms with van der Waals surface area (Å²) in [5.74, 6) is 0.0967. The Bertz CT molecular complexity index is 451. The van der Waals surface area contributed by atoms with Gasteiger partial charge in [-0.1, -0.05) is 12.1 Å². The minimum absolute atomic E-state index is 0.0967. The zero-order valence-electron chi connectivity index (χ0n) is 9.19. The van der Waals surface area contributed by atoms with Crippen molar-refractivity contribution in [3.05, 3.63) is 29.8 Å². The van der Waals surface area contributed by atoms with Crippen LogP contribution in [0.25, 0.3) is 0 Å². The Balaban J connectivity index is 2.27. The molecule has 0 fully saturated rings. The van der Waals surface area contributed by atoms with Crippen molar-refractivity contribution in [2.45, 2.75) is 19.1 Å². The van der Waals surface area contributed by atoms with E-state index >= 15 is 0 Å². The molecule has 0 bridgehead atoms. The number of nitrogens with zero attached hydrogens (tertiary/aromatic N) is 1. The fourth-order valence-corrected chi connectivity index (χ4v) is 1.68. The molecule has 0 spiro atoms. The first-order valence-corrected chi connectivity index (χ1v) is 5.03. The Hall–Kier alpha value is -1.85. The first-order valence-electron chi connectivity index (χ1n) is 5.03. The molecule has 1 unspecified atom stereocenters. The number of hydrogen-bond acceptors (Lipinski definition) is 4. The summed E-state index contributed by atoms with van der Waals surface area (Å²) in [7, 11) is 0. The fraction of sp³-hybridized carbons (Fsp3) is 0.364. The van der Waals surface area contributed by atoms with Crippen molar-refractivity contribution < 1.29 is 18.3 Å². The van der Waals surface area contributed by atoms with Crippen LogP contribution in [-0.2, 0) is 10.3 Å². The van der Waals surface area contributed by atoms with Gasteiger partial charge in [0.15, 0.2) is 0 Å². The molecule has 1 atom stereocenters. The van der Waals surface area contributed by atoms with Crippen LogP contribution >= 0.6 is 0 Å². The van der Waals surface area contributed by atoms with Gasteiger partial charge < -0.3 is 15.2 Å². The number of rotatable bonds is 3. The Labute approximate surface area is 97.0 Å². The molecular formula is C11H12F2N2O2. The van der Waals surface area contributed by atoms with Gasteiger partial charge in [-0.2, -0.15) is 8.78 Å². The van der Waals surface area contributed by atoms with Crippen LogP contribution < -0.4 is 10.5 Å². The molecule has 0 saturated carbocycles. The molecular weight excluding hydrogens is 230 g/mol. The summed E-state index contributed by atoms with van der Waals surface area (Å²) >= 11 is 0. The molecule has 0 radical (unpaired) electrons. The Morgan fingerprint density at radius 3 is 2.88 bits per heavy atom. The van der Waals surface area contributed by atoms with E-state index in [0.717, 1.165) is 5.56 Å². The van der Waals surface area contributed by atoms with Crippen molar-refractivity contribution >= 4 is 6.02 Å². The lowest BCUT2D eigenvalue weighted by Crippen LogP contribution is -2.20. The summed E-state index contributed by atoms with van der Waals surface area (Å²) in [5, 5.41) is 0. The van der Waals surface area contributed by atoms with Gasteiger partial charge in [-0.3, -0.25) is 0 Å². The van der Waals surface area contributed by atoms with E-state index in [-0.39, 0.29) is 18.4 Å². The molecule has 1 aromatic rings. The lowest BCUT2D eigenvalue weighted by atomic mass is 9.94. The van der Waals surface area contributed by atoms with Crippen molar-refractivity contribution in [3.8, 4) is 5.75 Å². The predicted octanol–water partition coefficient (Wildman–Crippen LogP) is 1.85. The van der Waals surface area contributed by atoms with Crippen LogP contribution in [0.3, 0.4) is 0 Å². The van der Waals surface area contributed by atoms with Crippen molar-refractivity contribution in [1.82, 2.24) is 0 Å². The van der Waals surface area contributed by atoms with Gasteiger partial charge in [0, 0.05) is 0 Å². The van der Waals surface area contributed by atoms with Gasteiger partial charge in [-0.05, 0) is 24.6 Å². The topological polar surface area (TPSA) is 56.8 Å². The third kappa shape index (κ3) is 2.46. The molecule has 1 aromatic carbocycles. The first kappa shape index (κ1) is 11.6. The average molecular weight is 242 g/mol. The van der Waals surface area contributed by atoms with Gasteiger partial charge in [0.25, 0.3) is 6.02 Å². The molecule has 0 amide bonds. The monoisotopic (exact) mass is 242 g/mol. The second-order valence-electron chi connectivity index (χ2n) is 3.92. The highest BCUT2D eigenvalue weighted by Gasteiger charge is 2.33. The number of nitrogens with two attached hydrogens (primary N) is 1. The molecule has 1 heterocycles. The molecule has 2 rings (SSSR count). The van der Waals surface area contributed by atoms with E-state index in [4.69, 9.17) is 10.5 Å². The van der Waals surface area contributed by atoms with E-state index in [0.29, 0.717) is 0 Å². The van der Waals surface area contributed by atoms with Crippen molar-refractivity contribution in [2.75, 3.05) is 6.61 Å². The Kier molecular flexibility index (Phi) is 2.87. The number of aliphatic imine (C=N–C) groups is 1. The number of alkyl halides is 2. The third-order valence-electron chi connectivity index (χ3n) is 2.54. The fourth-order valence-electron chi connectivity index (χ4n) is 1.68. The summed E-state index contributed by atoms with van der Waals surface area (Å²) in [6, 6.07) is 6.47. The van der Waals surface area contributed by atoms with Crippen LogP contribution in [0.2, 0.25) is 0 Å². The van der Waals surface area contributed by atoms with Gasteiger partial charge in [0.05, 0.1) is 0 Å². The quantitative estimate of drug-likeness (QED) is 0.880. The highest BCUT2D eigenvalue weighted by atomic mass is 19.3. The van der Waals surface area contributed by atoms with Crippen LogP contribution in [0.15, 0.2) is 29.3 Å². The largest absolute Gasteiger partial charge is 0.462 e. The summed E-state index contributed by atoms with van der Waals surface area (Å²) in [6.07, 6.45) is 0. The standard InChI is InChI=1S/C11H12F2N2O2/c1-11(6-16-10(14)15-11)7-3-2-4-8(5-7)17-9(12)13/h2-5,9H,6H2,1H3,(H2,14,15). The summed E-state index contributed by atoms with van der Waals surface area (Å²) < 4.78 is 33.6. The zero-order valence-corrected chi connectivity index (χ0v) is 9.19. The van der Waals surface area contributed by atoms with Crippen molar-refractivity contribution in [2.24, 2.45) is 10.7 Å². The van der Waals surface area contributed by atoms with Crippen molar-refractivity contribution in [3.63, 3.8) is 0 Å². The SMILES string of the molecule is CC1(c2cccc(OC(F)F)c2)COC(N)=N1. The smallest absolute Gasteiger partial charge is 0.387 e. The molecule has 17 heavy (non-hydrogen) atoms. The Morgan fingerprint density at radius 1 is 1.53 bits per heavy atom. The lowest BCUT2D eigenvalue weighted by Gasteiger charge is -2.19. The summed E-state index contributed by atoms with van der Waals surface area (Å²) in [4.78, 5) is 4.14. The number of amidine groups is 1. The maximum absolute atomic E-state index is 12.1. The number of halogens is 2. The molecule has 4 nitrogen and oxygen atoms in total. The van der Waals surface area contributed by atoms with E-state index in [1.165, 1.54) is 12.1 Å². The maximum atomic E-state index is 12.1. The molecule has 0 aromatic heterocycles. The first-order chi connectivity index (χ1) is 7.99. The van der Waals surface area contributed by atoms with E-state index in [2.05, 4.69) is 9.73 Å². The van der Waals surface area contributed by atoms with Crippen LogP contribution in [0.1, 0.15) is 12.5 Å². The molecule has 6 heteroatoms. The molecule has 1 aliphatic heterocycles. The molecule has 2 N–H and O–H groups in total. The van der Waals surface area contributed by atoms with Gasteiger partial charge >= 0.3 is 6.61 Å². The predicted molar refractivity (Wildman–Crippen MR) is 58.0 cm³/mol. The third-order valence-corrected chi connectivity index (χ3v) is 2.54. The lowest BCUT2D eigenvalue weighted by molar-refractivity contribution is -0.0499. The zero-order chi connectivity index (χ0) is 12.5. The van der Waals surface area contributed by atoms with E-state index < -0.39 is 12.2 Å². The number of ether oxygens (including phenoxy) is 2. The average Bonchev–Trinajstić information content (AvgIpc) is 2.59. The molecule has 92 valence electrons. The van der Waals surface area contributed by atoms with Gasteiger partial charge in [0.1, 0.15) is 17.9 Å². The summed E-state index contributed by atoms with van der Waals surface area (Å²) in [6.45, 7) is -0.739. The van der Waals surface area contributed by atoms with Gasteiger partial charge in [-0.15, -0.1) is 0 Å². The minimum atomic E-state index is -2.84. The maximum Gasteiger partial charge on any atom is 0.387 e. The molecule has 0 saturated heterocycles. The normalized spacial score (nSPS) is 23.4. The minimum Gasteiger partial charge on any atom is -0.462 e. The van der Waals surface area contributed by atoms with Gasteiger partial charge in [0.2, 0.25) is 0 Å². The highest BCUT2D eigenvalue weighted by molar-refractivity contribution is 5.74. The van der Waals surface area contributed by atoms with E-state index in [1.54, 1.807) is 12.1 Å². The van der Waals surface area contributed by atoms with Crippen LogP contribution in [-0.4, -0.2) is 19.2 Å². The van der Waals surface area contributed by atoms with Crippen LogP contribution in [0.4, 0.5) is 8.78 Å². The van der Waals surface area contributed by atoms with E-state index in [9.17, 15) is 8.78 Å². The number of benzene rings is 1. The molecule has 1 aliphatic rings. The van der Waals surface area contributed by atoms with Crippen LogP contribution in [0, 0.1) is 0 Å². The second-order valence-corrected chi connectivity index (χ2v) is 3.92. The van der Waals surface area contributed by atoms with Gasteiger partial charge in [-0.25, -0.2) is 4.99 Å².